The molecule has 7 heteroatoms. The van der Waals surface area contributed by atoms with Crippen molar-refractivity contribution in [3.8, 4) is 51.2 Å². The third kappa shape index (κ3) is 5.82. The molecule has 0 radical (unpaired) electrons. The van der Waals surface area contributed by atoms with Gasteiger partial charge in [0, 0.05) is 75.0 Å². The molecule has 70 heavy (non-hydrogen) atoms. The molecule has 5 heterocycles. The third-order valence-electron chi connectivity index (χ3n) is 14.1. The van der Waals surface area contributed by atoms with E-state index in [0.29, 0.717) is 17.6 Å². The van der Waals surface area contributed by atoms with Crippen molar-refractivity contribution in [2.24, 2.45) is 0 Å². The van der Waals surface area contributed by atoms with Crippen molar-refractivity contribution in [3.63, 3.8) is 0 Å². The van der Waals surface area contributed by atoms with Gasteiger partial charge in [0.1, 0.15) is 0 Å². The van der Waals surface area contributed by atoms with Crippen LogP contribution in [-0.2, 0) is 0 Å². The predicted octanol–water partition coefficient (Wildman–Crippen LogP) is 16.5. The number of nitrogens with zero attached hydrogens (tertiary/aromatic N) is 6. The molecule has 6 nitrogen and oxygen atoms in total. The monoisotopic (exact) mass is 910 g/mol. The van der Waals surface area contributed by atoms with Crippen LogP contribution in [0.2, 0.25) is 0 Å². The van der Waals surface area contributed by atoms with E-state index in [1.807, 2.05) is 47.7 Å². The van der Waals surface area contributed by atoms with Gasteiger partial charge in [0.05, 0.1) is 33.1 Å². The summed E-state index contributed by atoms with van der Waals surface area (Å²) in [5.74, 6) is 1.78. The van der Waals surface area contributed by atoms with Gasteiger partial charge in [-0.25, -0.2) is 4.98 Å². The smallest absolute Gasteiger partial charge is 0.238 e. The van der Waals surface area contributed by atoms with Crippen LogP contribution in [-0.4, -0.2) is 28.7 Å². The van der Waals surface area contributed by atoms with Gasteiger partial charge in [-0.3, -0.25) is 4.57 Å². The van der Waals surface area contributed by atoms with E-state index >= 15 is 0 Å². The maximum absolute atomic E-state index is 5.35. The first-order valence-corrected chi connectivity index (χ1v) is 24.4. The fourth-order valence-electron chi connectivity index (χ4n) is 11.0. The summed E-state index contributed by atoms with van der Waals surface area (Å²) in [6, 6.07) is 82.6. The first kappa shape index (κ1) is 38.9. The summed E-state index contributed by atoms with van der Waals surface area (Å²) in [7, 11) is 0. The van der Waals surface area contributed by atoms with Gasteiger partial charge in [0.25, 0.3) is 0 Å². The van der Waals surface area contributed by atoms with Crippen molar-refractivity contribution in [1.29, 1.82) is 0 Å². The largest absolute Gasteiger partial charge is 0.309 e. The molecular formula is C63H38N6S. The average molecular weight is 911 g/mol. The Morgan fingerprint density at radius 1 is 0.286 bits per heavy atom. The van der Waals surface area contributed by atoms with Gasteiger partial charge in [-0.15, -0.1) is 11.3 Å². The summed E-state index contributed by atoms with van der Waals surface area (Å²) < 4.78 is 9.69. The Kier molecular flexibility index (Phi) is 8.43. The lowest BCUT2D eigenvalue weighted by atomic mass is 10.0. The molecule has 326 valence electrons. The lowest BCUT2D eigenvalue weighted by molar-refractivity contribution is 0.953. The number of rotatable bonds is 6. The Labute approximate surface area is 405 Å². The number of aromatic nitrogens is 6. The van der Waals surface area contributed by atoms with Gasteiger partial charge < -0.3 is 9.13 Å². The van der Waals surface area contributed by atoms with Crippen LogP contribution in [0, 0.1) is 0 Å². The van der Waals surface area contributed by atoms with Gasteiger partial charge in [-0.1, -0.05) is 170 Å². The Morgan fingerprint density at radius 3 is 1.43 bits per heavy atom. The van der Waals surface area contributed by atoms with Crippen molar-refractivity contribution in [2.45, 2.75) is 0 Å². The molecule has 0 bridgehead atoms. The van der Waals surface area contributed by atoms with Crippen molar-refractivity contribution in [3.05, 3.63) is 231 Å². The first-order chi connectivity index (χ1) is 34.7. The number of hydrogen-bond donors (Lipinski definition) is 0. The fraction of sp³-hybridized carbons (Fsp3) is 0. The first-order valence-electron chi connectivity index (χ1n) is 23.6. The number of benzene rings is 10. The minimum Gasteiger partial charge on any atom is -0.309 e. The molecule has 0 atom stereocenters. The van der Waals surface area contributed by atoms with E-state index in [4.69, 9.17) is 15.0 Å². The minimum atomic E-state index is 0.552. The zero-order valence-electron chi connectivity index (χ0n) is 37.5. The van der Waals surface area contributed by atoms with E-state index in [0.717, 1.165) is 72.0 Å². The lowest BCUT2D eigenvalue weighted by Crippen LogP contribution is -2.06. The molecule has 0 spiro atoms. The summed E-state index contributed by atoms with van der Waals surface area (Å²) >= 11 is 1.88. The number of thiophene rings is 1. The number of fused-ring (bicyclic) bond motifs is 13. The fourth-order valence-corrected chi connectivity index (χ4v) is 12.2. The highest BCUT2D eigenvalue weighted by atomic mass is 32.1. The average Bonchev–Trinajstić information content (AvgIpc) is 4.17. The van der Waals surface area contributed by atoms with Crippen LogP contribution >= 0.6 is 11.3 Å². The van der Waals surface area contributed by atoms with E-state index in [1.54, 1.807) is 0 Å². The quantitative estimate of drug-likeness (QED) is 0.167. The topological polar surface area (TPSA) is 53.5 Å². The van der Waals surface area contributed by atoms with E-state index < -0.39 is 0 Å². The molecule has 0 unspecified atom stereocenters. The third-order valence-corrected chi connectivity index (χ3v) is 15.3. The standard InChI is InChI=1S/C63H38N6S/c1-4-16-39(17-5-1)61-64-62(40-18-6-2-7-19-40)66-63(65-61)69-55-36-41(28-31-47(55)48-33-30-44(38-57(48)69)68-52-25-13-10-22-45(52)46-23-11-14-26-53(46)68)42-29-32-51-56(37-42)67(43-20-8-3-9-21-43)54-35-34-50-49-24-12-15-27-58(49)70-60(50)59(51)54/h1-38H. The van der Waals surface area contributed by atoms with Crippen molar-refractivity contribution in [1.82, 2.24) is 28.7 Å². The van der Waals surface area contributed by atoms with Gasteiger partial charge in [-0.2, -0.15) is 9.97 Å². The Morgan fingerprint density at radius 2 is 0.771 bits per heavy atom. The maximum Gasteiger partial charge on any atom is 0.238 e. The van der Waals surface area contributed by atoms with Crippen LogP contribution in [0.5, 0.6) is 0 Å². The van der Waals surface area contributed by atoms with Gasteiger partial charge >= 0.3 is 0 Å². The summed E-state index contributed by atoms with van der Waals surface area (Å²) in [5, 5.41) is 9.79. The van der Waals surface area contributed by atoms with Crippen molar-refractivity contribution in [2.75, 3.05) is 0 Å². The SMILES string of the molecule is c1ccc(-c2nc(-c3ccccc3)nc(-n3c4cc(-c5ccc6c7c8sc9ccccc9c8ccc7n(-c7ccccc7)c6c5)ccc4c4ccc(-n5c6ccccc6c6ccccc65)cc43)n2)cc1. The Hall–Kier alpha value is -9.17. The van der Waals surface area contributed by atoms with Crippen LogP contribution < -0.4 is 0 Å². The highest BCUT2D eigenvalue weighted by Crippen LogP contribution is 2.45. The molecule has 0 amide bonds. The summed E-state index contributed by atoms with van der Waals surface area (Å²) in [6.07, 6.45) is 0. The molecule has 0 fully saturated rings. The Bertz CT molecular complexity index is 4470. The van der Waals surface area contributed by atoms with Crippen LogP contribution in [0.4, 0.5) is 0 Å². The second-order valence-corrected chi connectivity index (χ2v) is 19.0. The zero-order chi connectivity index (χ0) is 45.9. The number of para-hydroxylation sites is 3. The normalized spacial score (nSPS) is 12.0. The molecule has 0 aliphatic rings. The van der Waals surface area contributed by atoms with Gasteiger partial charge in [-0.05, 0) is 71.8 Å². The van der Waals surface area contributed by atoms with E-state index in [2.05, 4.69) is 208 Å². The second-order valence-electron chi connectivity index (χ2n) is 18.0. The molecule has 15 aromatic rings. The molecule has 0 saturated carbocycles. The predicted molar refractivity (Wildman–Crippen MR) is 292 cm³/mol. The van der Waals surface area contributed by atoms with Crippen LogP contribution in [0.25, 0.3) is 137 Å². The molecule has 0 aliphatic carbocycles. The molecule has 10 aromatic carbocycles. The maximum atomic E-state index is 5.35. The summed E-state index contributed by atoms with van der Waals surface area (Å²) in [4.78, 5) is 15.8. The van der Waals surface area contributed by atoms with E-state index in [9.17, 15) is 0 Å². The summed E-state index contributed by atoms with van der Waals surface area (Å²) in [5.41, 5.74) is 12.9. The lowest BCUT2D eigenvalue weighted by Gasteiger charge is -2.13. The van der Waals surface area contributed by atoms with Crippen LogP contribution in [0.15, 0.2) is 231 Å². The number of hydrogen-bond acceptors (Lipinski definition) is 4. The molecule has 0 N–H and O–H groups in total. The Balaban J connectivity index is 1.01. The minimum absolute atomic E-state index is 0.552. The van der Waals surface area contributed by atoms with Crippen LogP contribution in [0.3, 0.4) is 0 Å². The van der Waals surface area contributed by atoms with E-state index in [-0.39, 0.29) is 0 Å². The molecule has 5 aromatic heterocycles. The van der Waals surface area contributed by atoms with E-state index in [1.165, 1.54) is 47.2 Å². The van der Waals surface area contributed by atoms with Gasteiger partial charge in [0.2, 0.25) is 5.95 Å². The highest BCUT2D eigenvalue weighted by molar-refractivity contribution is 7.26. The van der Waals surface area contributed by atoms with Crippen LogP contribution in [0.1, 0.15) is 0 Å². The molecule has 0 aliphatic heterocycles. The highest BCUT2D eigenvalue weighted by Gasteiger charge is 2.22. The second kappa shape index (κ2) is 15.2. The zero-order valence-corrected chi connectivity index (χ0v) is 38.3. The summed E-state index contributed by atoms with van der Waals surface area (Å²) in [6.45, 7) is 0. The molecule has 15 rings (SSSR count). The van der Waals surface area contributed by atoms with Crippen molar-refractivity contribution >= 4 is 96.9 Å². The van der Waals surface area contributed by atoms with Gasteiger partial charge in [0.15, 0.2) is 11.6 Å². The molecule has 0 saturated heterocycles. The molecular weight excluding hydrogens is 873 g/mol. The van der Waals surface area contributed by atoms with Crippen molar-refractivity contribution < 1.29 is 0 Å².